The van der Waals surface area contributed by atoms with Crippen molar-refractivity contribution < 1.29 is 9.18 Å². The normalized spacial score (nSPS) is 21.3. The number of amides is 1. The van der Waals surface area contributed by atoms with Crippen molar-refractivity contribution in [2.45, 2.75) is 45.2 Å². The Morgan fingerprint density at radius 2 is 2.16 bits per heavy atom. The molecule has 2 atom stereocenters. The molecule has 4 heteroatoms. The van der Waals surface area contributed by atoms with E-state index in [1.54, 1.807) is 13.0 Å². The monoisotopic (exact) mass is 264 g/mol. The van der Waals surface area contributed by atoms with Gasteiger partial charge in [-0.2, -0.15) is 0 Å². The molecule has 2 rings (SSSR count). The lowest BCUT2D eigenvalue weighted by atomic mass is 9.96. The van der Waals surface area contributed by atoms with Crippen LogP contribution in [0.25, 0.3) is 0 Å². The third-order valence-electron chi connectivity index (χ3n) is 3.71. The first-order valence-corrected chi connectivity index (χ1v) is 6.83. The first-order valence-electron chi connectivity index (χ1n) is 6.83. The Kier molecular flexibility index (Phi) is 4.20. The minimum absolute atomic E-state index is 0.0566. The molecule has 0 saturated carbocycles. The van der Waals surface area contributed by atoms with Crippen LogP contribution in [0.3, 0.4) is 0 Å². The number of halogens is 1. The zero-order valence-electron chi connectivity index (χ0n) is 11.5. The van der Waals surface area contributed by atoms with Gasteiger partial charge in [0.2, 0.25) is 0 Å². The number of aryl methyl sites for hydroxylation is 1. The average Bonchev–Trinajstić information content (AvgIpc) is 2.36. The van der Waals surface area contributed by atoms with Crippen molar-refractivity contribution in [1.82, 2.24) is 4.90 Å². The molecule has 0 spiro atoms. The van der Waals surface area contributed by atoms with Crippen LogP contribution >= 0.6 is 0 Å². The van der Waals surface area contributed by atoms with E-state index in [1.165, 1.54) is 12.1 Å². The Labute approximate surface area is 113 Å². The molecule has 0 bridgehead atoms. The molecular weight excluding hydrogens is 243 g/mol. The molecular formula is C15H21FN2O. The van der Waals surface area contributed by atoms with Crippen molar-refractivity contribution >= 4 is 5.91 Å². The van der Waals surface area contributed by atoms with Gasteiger partial charge in [-0.3, -0.25) is 4.79 Å². The summed E-state index contributed by atoms with van der Waals surface area (Å²) < 4.78 is 13.4. The lowest BCUT2D eigenvalue weighted by Crippen LogP contribution is -2.51. The molecule has 1 aromatic rings. The summed E-state index contributed by atoms with van der Waals surface area (Å²) in [5, 5.41) is 0. The first-order chi connectivity index (χ1) is 8.99. The molecule has 1 aromatic carbocycles. The molecule has 0 aliphatic carbocycles. The van der Waals surface area contributed by atoms with E-state index in [0.717, 1.165) is 24.8 Å². The predicted octanol–water partition coefficient (Wildman–Crippen LogP) is 2.48. The molecule has 0 aromatic heterocycles. The largest absolute Gasteiger partial charge is 0.334 e. The van der Waals surface area contributed by atoms with Crippen LogP contribution < -0.4 is 5.73 Å². The van der Waals surface area contributed by atoms with Crippen LogP contribution in [0, 0.1) is 12.7 Å². The predicted molar refractivity (Wildman–Crippen MR) is 73.5 cm³/mol. The van der Waals surface area contributed by atoms with E-state index in [9.17, 15) is 9.18 Å². The molecule has 0 unspecified atom stereocenters. The molecule has 1 amide bonds. The zero-order chi connectivity index (χ0) is 14.0. The van der Waals surface area contributed by atoms with Crippen molar-refractivity contribution in [3.8, 4) is 0 Å². The van der Waals surface area contributed by atoms with Gasteiger partial charge in [0.1, 0.15) is 5.82 Å². The molecule has 1 saturated heterocycles. The number of carbonyl (C=O) groups excluding carboxylic acids is 1. The van der Waals surface area contributed by atoms with Crippen molar-refractivity contribution in [3.05, 3.63) is 35.1 Å². The van der Waals surface area contributed by atoms with Gasteiger partial charge >= 0.3 is 0 Å². The summed E-state index contributed by atoms with van der Waals surface area (Å²) in [5.41, 5.74) is 7.15. The summed E-state index contributed by atoms with van der Waals surface area (Å²) >= 11 is 0. The Morgan fingerprint density at radius 1 is 1.42 bits per heavy atom. The first kappa shape index (κ1) is 14.0. The molecule has 0 radical (unpaired) electrons. The van der Waals surface area contributed by atoms with Gasteiger partial charge in [0.15, 0.2) is 0 Å². The second-order valence-corrected chi connectivity index (χ2v) is 5.44. The molecule has 2 N–H and O–H groups in total. The smallest absolute Gasteiger partial charge is 0.254 e. The highest BCUT2D eigenvalue weighted by Crippen LogP contribution is 2.22. The Balaban J connectivity index is 2.26. The fourth-order valence-corrected chi connectivity index (χ4v) is 2.78. The van der Waals surface area contributed by atoms with Crippen LogP contribution in [0.2, 0.25) is 0 Å². The lowest BCUT2D eigenvalue weighted by Gasteiger charge is -2.38. The summed E-state index contributed by atoms with van der Waals surface area (Å²) in [7, 11) is 0. The molecule has 1 heterocycles. The highest BCUT2D eigenvalue weighted by molar-refractivity contribution is 5.94. The average molecular weight is 264 g/mol. The second kappa shape index (κ2) is 5.70. The highest BCUT2D eigenvalue weighted by atomic mass is 19.1. The van der Waals surface area contributed by atoms with Crippen LogP contribution in [0.4, 0.5) is 4.39 Å². The van der Waals surface area contributed by atoms with E-state index < -0.39 is 0 Å². The topological polar surface area (TPSA) is 46.3 Å². The summed E-state index contributed by atoms with van der Waals surface area (Å²) in [6, 6.07) is 4.47. The summed E-state index contributed by atoms with van der Waals surface area (Å²) in [6.07, 6.45) is 3.01. The number of hydrogen-bond acceptors (Lipinski definition) is 2. The molecule has 3 nitrogen and oxygen atoms in total. The Bertz CT molecular complexity index is 453. The van der Waals surface area contributed by atoms with Crippen LogP contribution in [0.1, 0.15) is 42.1 Å². The summed E-state index contributed by atoms with van der Waals surface area (Å²) in [6.45, 7) is 4.42. The maximum Gasteiger partial charge on any atom is 0.254 e. The third kappa shape index (κ3) is 3.13. The van der Waals surface area contributed by atoms with Crippen molar-refractivity contribution in [1.29, 1.82) is 0 Å². The molecule has 1 fully saturated rings. The summed E-state index contributed by atoms with van der Waals surface area (Å²) in [4.78, 5) is 14.3. The Hall–Kier alpha value is -1.42. The number of likely N-dealkylation sites (tertiary alicyclic amines) is 1. The van der Waals surface area contributed by atoms with Crippen molar-refractivity contribution in [3.63, 3.8) is 0 Å². The van der Waals surface area contributed by atoms with Crippen LogP contribution in [-0.4, -0.2) is 29.4 Å². The minimum Gasteiger partial charge on any atom is -0.334 e. The van der Waals surface area contributed by atoms with Gasteiger partial charge in [-0.05, 0) is 56.9 Å². The number of piperidine rings is 1. The SMILES string of the molecule is Cc1cc(F)cc(C(=O)N2CCCC[C@@H]2[C@H](C)N)c1. The van der Waals surface area contributed by atoms with Crippen LogP contribution in [0.5, 0.6) is 0 Å². The van der Waals surface area contributed by atoms with Gasteiger partial charge in [0.05, 0.1) is 0 Å². The van der Waals surface area contributed by atoms with Gasteiger partial charge in [-0.25, -0.2) is 4.39 Å². The molecule has 104 valence electrons. The molecule has 1 aliphatic heterocycles. The highest BCUT2D eigenvalue weighted by Gasteiger charge is 2.29. The van der Waals surface area contributed by atoms with E-state index in [1.807, 2.05) is 11.8 Å². The van der Waals surface area contributed by atoms with Gasteiger partial charge in [0.25, 0.3) is 5.91 Å². The van der Waals surface area contributed by atoms with Crippen LogP contribution in [-0.2, 0) is 0 Å². The maximum atomic E-state index is 13.4. The summed E-state index contributed by atoms with van der Waals surface area (Å²) in [5.74, 6) is -0.470. The van der Waals surface area contributed by atoms with Crippen LogP contribution in [0.15, 0.2) is 18.2 Å². The van der Waals surface area contributed by atoms with E-state index in [-0.39, 0.29) is 23.8 Å². The van der Waals surface area contributed by atoms with Gasteiger partial charge in [0, 0.05) is 24.2 Å². The standard InChI is InChI=1S/C15H21FN2O/c1-10-7-12(9-13(16)8-10)15(19)18-6-4-3-5-14(18)11(2)17/h7-9,11,14H,3-6,17H2,1-2H3/t11-,14+/m0/s1. The number of nitrogens with two attached hydrogens (primary N) is 1. The fourth-order valence-electron chi connectivity index (χ4n) is 2.78. The van der Waals surface area contributed by atoms with Gasteiger partial charge in [-0.1, -0.05) is 0 Å². The second-order valence-electron chi connectivity index (χ2n) is 5.44. The van der Waals surface area contributed by atoms with E-state index >= 15 is 0 Å². The third-order valence-corrected chi connectivity index (χ3v) is 3.71. The van der Waals surface area contributed by atoms with Crippen molar-refractivity contribution in [2.24, 2.45) is 5.73 Å². The Morgan fingerprint density at radius 3 is 2.79 bits per heavy atom. The fraction of sp³-hybridized carbons (Fsp3) is 0.533. The van der Waals surface area contributed by atoms with Gasteiger partial charge in [-0.15, -0.1) is 0 Å². The number of benzene rings is 1. The van der Waals surface area contributed by atoms with E-state index in [4.69, 9.17) is 5.73 Å². The van der Waals surface area contributed by atoms with E-state index in [2.05, 4.69) is 0 Å². The van der Waals surface area contributed by atoms with E-state index in [0.29, 0.717) is 12.1 Å². The quantitative estimate of drug-likeness (QED) is 0.892. The van der Waals surface area contributed by atoms with Crippen molar-refractivity contribution in [2.75, 3.05) is 6.54 Å². The number of hydrogen-bond donors (Lipinski definition) is 1. The number of rotatable bonds is 2. The zero-order valence-corrected chi connectivity index (χ0v) is 11.5. The minimum atomic E-state index is -0.363. The maximum absolute atomic E-state index is 13.4. The lowest BCUT2D eigenvalue weighted by molar-refractivity contribution is 0.0583. The van der Waals surface area contributed by atoms with Gasteiger partial charge < -0.3 is 10.6 Å². The molecule has 1 aliphatic rings. The molecule has 19 heavy (non-hydrogen) atoms. The number of nitrogens with zero attached hydrogens (tertiary/aromatic N) is 1. The number of carbonyl (C=O) groups is 1.